The van der Waals surface area contributed by atoms with Crippen LogP contribution < -0.4 is 5.32 Å². The molecule has 0 fully saturated rings. The van der Waals surface area contributed by atoms with Gasteiger partial charge < -0.3 is 10.4 Å². The zero-order chi connectivity index (χ0) is 14.4. The molecule has 4 nitrogen and oxygen atoms in total. The lowest BCUT2D eigenvalue weighted by Gasteiger charge is -2.16. The summed E-state index contributed by atoms with van der Waals surface area (Å²) in [5.74, 6) is -0.999. The van der Waals surface area contributed by atoms with E-state index < -0.39 is 12.0 Å². The monoisotopic (exact) mass is 283 g/mol. The number of carbonyl (C=O) groups excluding carboxylic acids is 1. The molecule has 5 heteroatoms. The largest absolute Gasteiger partial charge is 0.479 e. The maximum Gasteiger partial charge on any atom is 0.330 e. The van der Waals surface area contributed by atoms with Crippen LogP contribution in [0.15, 0.2) is 24.3 Å². The van der Waals surface area contributed by atoms with Gasteiger partial charge in [0.25, 0.3) is 0 Å². The molecule has 0 spiro atoms. The SMILES string of the molecule is CC(C)CCC(=O)N[C@@H](C(=O)O)c1ccccc1Cl. The van der Waals surface area contributed by atoms with Gasteiger partial charge in [-0.2, -0.15) is 0 Å². The third-order valence-electron chi connectivity index (χ3n) is 2.72. The second kappa shape index (κ2) is 7.14. The summed E-state index contributed by atoms with van der Waals surface area (Å²) < 4.78 is 0. The summed E-state index contributed by atoms with van der Waals surface area (Å²) in [6.07, 6.45) is 1.03. The van der Waals surface area contributed by atoms with Crippen molar-refractivity contribution in [3.8, 4) is 0 Å². The van der Waals surface area contributed by atoms with Crippen molar-refractivity contribution in [2.45, 2.75) is 32.7 Å². The van der Waals surface area contributed by atoms with E-state index in [1.54, 1.807) is 24.3 Å². The highest BCUT2D eigenvalue weighted by Gasteiger charge is 2.23. The molecule has 1 atom stereocenters. The van der Waals surface area contributed by atoms with E-state index in [4.69, 9.17) is 11.6 Å². The van der Waals surface area contributed by atoms with Gasteiger partial charge in [0.15, 0.2) is 6.04 Å². The molecular formula is C14H18ClNO3. The molecule has 1 aromatic rings. The summed E-state index contributed by atoms with van der Waals surface area (Å²) in [6, 6.07) is 5.51. The van der Waals surface area contributed by atoms with Crippen LogP contribution in [0.1, 0.15) is 38.3 Å². The molecule has 0 aliphatic heterocycles. The zero-order valence-corrected chi connectivity index (χ0v) is 11.8. The topological polar surface area (TPSA) is 66.4 Å². The van der Waals surface area contributed by atoms with Crippen molar-refractivity contribution < 1.29 is 14.7 Å². The van der Waals surface area contributed by atoms with Crippen LogP contribution in [0.5, 0.6) is 0 Å². The minimum Gasteiger partial charge on any atom is -0.479 e. The van der Waals surface area contributed by atoms with Gasteiger partial charge in [0.05, 0.1) is 0 Å². The Labute approximate surface area is 117 Å². The first-order chi connectivity index (χ1) is 8.91. The van der Waals surface area contributed by atoms with Gasteiger partial charge in [0.2, 0.25) is 5.91 Å². The van der Waals surface area contributed by atoms with Gasteiger partial charge in [-0.15, -0.1) is 0 Å². The minimum absolute atomic E-state index is 0.277. The number of nitrogens with one attached hydrogen (secondary N) is 1. The smallest absolute Gasteiger partial charge is 0.330 e. The Kier molecular flexibility index (Phi) is 5.83. The Morgan fingerprint density at radius 1 is 1.32 bits per heavy atom. The molecule has 0 aliphatic rings. The summed E-state index contributed by atoms with van der Waals surface area (Å²) >= 11 is 5.96. The molecule has 1 rings (SSSR count). The molecular weight excluding hydrogens is 266 g/mol. The quantitative estimate of drug-likeness (QED) is 0.843. The van der Waals surface area contributed by atoms with Gasteiger partial charge in [-0.3, -0.25) is 4.79 Å². The maximum absolute atomic E-state index is 11.7. The van der Waals surface area contributed by atoms with Gasteiger partial charge in [-0.25, -0.2) is 4.79 Å². The zero-order valence-electron chi connectivity index (χ0n) is 11.0. The van der Waals surface area contributed by atoms with Gasteiger partial charge in [-0.05, 0) is 18.4 Å². The summed E-state index contributed by atoms with van der Waals surface area (Å²) in [5.41, 5.74) is 0.398. The number of rotatable bonds is 6. The van der Waals surface area contributed by atoms with Gasteiger partial charge >= 0.3 is 5.97 Å². The minimum atomic E-state index is -1.12. The Morgan fingerprint density at radius 2 is 1.95 bits per heavy atom. The van der Waals surface area contributed by atoms with Gasteiger partial charge in [0.1, 0.15) is 0 Å². The molecule has 0 unspecified atom stereocenters. The van der Waals surface area contributed by atoms with Crippen molar-refractivity contribution in [2.24, 2.45) is 5.92 Å². The van der Waals surface area contributed by atoms with Crippen LogP contribution in [-0.4, -0.2) is 17.0 Å². The molecule has 0 saturated heterocycles. The van der Waals surface area contributed by atoms with Crippen molar-refractivity contribution in [3.05, 3.63) is 34.9 Å². The summed E-state index contributed by atoms with van der Waals surface area (Å²) in [7, 11) is 0. The Bertz CT molecular complexity index is 460. The molecule has 0 aliphatic carbocycles. The normalized spacial score (nSPS) is 12.2. The van der Waals surface area contributed by atoms with Crippen molar-refractivity contribution in [1.82, 2.24) is 5.32 Å². The fourth-order valence-corrected chi connectivity index (χ4v) is 1.88. The molecule has 0 radical (unpaired) electrons. The molecule has 19 heavy (non-hydrogen) atoms. The van der Waals surface area contributed by atoms with Crippen LogP contribution in [0.4, 0.5) is 0 Å². The standard InChI is InChI=1S/C14H18ClNO3/c1-9(2)7-8-12(17)16-13(14(18)19)10-5-3-4-6-11(10)15/h3-6,9,13H,7-8H2,1-2H3,(H,16,17)(H,18,19)/t13-/m1/s1. The fourth-order valence-electron chi connectivity index (χ4n) is 1.63. The summed E-state index contributed by atoms with van der Waals surface area (Å²) in [5, 5.41) is 12.0. The number of halogens is 1. The Balaban J connectivity index is 2.77. The third-order valence-corrected chi connectivity index (χ3v) is 3.06. The highest BCUT2D eigenvalue weighted by atomic mass is 35.5. The summed E-state index contributed by atoms with van der Waals surface area (Å²) in [4.78, 5) is 23.0. The first kappa shape index (κ1) is 15.5. The van der Waals surface area contributed by atoms with E-state index in [1.165, 1.54) is 0 Å². The summed E-state index contributed by atoms with van der Waals surface area (Å²) in [6.45, 7) is 4.02. The number of aliphatic carboxylic acids is 1. The predicted octanol–water partition coefficient (Wildman–Crippen LogP) is 3.02. The number of benzene rings is 1. The second-order valence-electron chi connectivity index (χ2n) is 4.79. The first-order valence-electron chi connectivity index (χ1n) is 6.18. The van der Waals surface area contributed by atoms with Crippen LogP contribution in [0.2, 0.25) is 5.02 Å². The van der Waals surface area contributed by atoms with Crippen molar-refractivity contribution in [3.63, 3.8) is 0 Å². The fraction of sp³-hybridized carbons (Fsp3) is 0.429. The first-order valence-corrected chi connectivity index (χ1v) is 6.56. The van der Waals surface area contributed by atoms with E-state index in [9.17, 15) is 14.7 Å². The van der Waals surface area contributed by atoms with E-state index in [0.717, 1.165) is 6.42 Å². The second-order valence-corrected chi connectivity index (χ2v) is 5.20. The Hall–Kier alpha value is -1.55. The third kappa shape index (κ3) is 4.91. The van der Waals surface area contributed by atoms with Crippen molar-refractivity contribution >= 4 is 23.5 Å². The average molecular weight is 284 g/mol. The van der Waals surface area contributed by atoms with Crippen molar-refractivity contribution in [2.75, 3.05) is 0 Å². The van der Waals surface area contributed by atoms with Crippen LogP contribution in [0.25, 0.3) is 0 Å². The molecule has 0 heterocycles. The van der Waals surface area contributed by atoms with E-state index in [0.29, 0.717) is 22.9 Å². The van der Waals surface area contributed by atoms with Gasteiger partial charge in [-0.1, -0.05) is 43.6 Å². The number of carboxylic acids is 1. The average Bonchev–Trinajstić information content (AvgIpc) is 2.34. The van der Waals surface area contributed by atoms with Crippen LogP contribution in [0, 0.1) is 5.92 Å². The molecule has 1 aromatic carbocycles. The van der Waals surface area contributed by atoms with E-state index in [-0.39, 0.29) is 5.91 Å². The van der Waals surface area contributed by atoms with Crippen LogP contribution in [0.3, 0.4) is 0 Å². The number of carbonyl (C=O) groups is 2. The molecule has 104 valence electrons. The van der Waals surface area contributed by atoms with E-state index >= 15 is 0 Å². The predicted molar refractivity (Wildman–Crippen MR) is 74.0 cm³/mol. The lowest BCUT2D eigenvalue weighted by atomic mass is 10.1. The Morgan fingerprint density at radius 3 is 2.47 bits per heavy atom. The maximum atomic E-state index is 11.7. The lowest BCUT2D eigenvalue weighted by Crippen LogP contribution is -2.33. The molecule has 2 N–H and O–H groups in total. The van der Waals surface area contributed by atoms with Crippen LogP contribution >= 0.6 is 11.6 Å². The van der Waals surface area contributed by atoms with Gasteiger partial charge in [0, 0.05) is 17.0 Å². The highest BCUT2D eigenvalue weighted by molar-refractivity contribution is 6.31. The number of carboxylic acid groups (broad SMARTS) is 1. The molecule has 0 saturated carbocycles. The van der Waals surface area contributed by atoms with E-state index in [2.05, 4.69) is 5.32 Å². The highest BCUT2D eigenvalue weighted by Crippen LogP contribution is 2.23. The molecule has 0 bridgehead atoms. The van der Waals surface area contributed by atoms with Crippen molar-refractivity contribution in [1.29, 1.82) is 0 Å². The van der Waals surface area contributed by atoms with E-state index in [1.807, 2.05) is 13.8 Å². The lowest BCUT2D eigenvalue weighted by molar-refractivity contribution is -0.142. The molecule has 1 amide bonds. The number of hydrogen-bond donors (Lipinski definition) is 2. The molecule has 0 aromatic heterocycles. The number of amides is 1. The number of hydrogen-bond acceptors (Lipinski definition) is 2. The van der Waals surface area contributed by atoms with Crippen LogP contribution in [-0.2, 0) is 9.59 Å².